The number of aromatic amines is 1. The average Bonchev–Trinajstić information content (AvgIpc) is 3.18. The van der Waals surface area contributed by atoms with Crippen molar-refractivity contribution in [3.63, 3.8) is 0 Å². The van der Waals surface area contributed by atoms with Gasteiger partial charge in [-0.2, -0.15) is 5.10 Å². The predicted octanol–water partition coefficient (Wildman–Crippen LogP) is 5.60. The third-order valence-electron chi connectivity index (χ3n) is 5.14. The highest BCUT2D eigenvalue weighted by molar-refractivity contribution is 5.96. The van der Waals surface area contributed by atoms with Gasteiger partial charge in [0.05, 0.1) is 0 Å². The Labute approximate surface area is 181 Å². The molecule has 2 aromatic heterocycles. The Kier molecular flexibility index (Phi) is 5.89. The van der Waals surface area contributed by atoms with Crippen molar-refractivity contribution < 1.29 is 4.79 Å². The molecule has 6 nitrogen and oxygen atoms in total. The molecule has 2 N–H and O–H groups in total. The van der Waals surface area contributed by atoms with Gasteiger partial charge in [0.15, 0.2) is 17.4 Å². The number of H-pyrrole nitrogens is 1. The minimum atomic E-state index is 0.129. The van der Waals surface area contributed by atoms with Crippen molar-refractivity contribution in [2.24, 2.45) is 0 Å². The highest BCUT2D eigenvalue weighted by atomic mass is 16.1. The first kappa shape index (κ1) is 20.5. The molecule has 6 heteroatoms. The summed E-state index contributed by atoms with van der Waals surface area (Å²) in [7, 11) is 0. The Morgan fingerprint density at radius 1 is 0.968 bits per heavy atom. The summed E-state index contributed by atoms with van der Waals surface area (Å²) in [4.78, 5) is 21.9. The fourth-order valence-electron chi connectivity index (χ4n) is 3.48. The van der Waals surface area contributed by atoms with Gasteiger partial charge in [-0.05, 0) is 25.3 Å². The molecule has 0 aliphatic rings. The van der Waals surface area contributed by atoms with Gasteiger partial charge in [-0.25, -0.2) is 9.97 Å². The fraction of sp³-hybridized carbons (Fsp3) is 0.200. The maximum absolute atomic E-state index is 12.7. The lowest BCUT2D eigenvalue weighted by molar-refractivity contribution is 0.0975. The van der Waals surface area contributed by atoms with Crippen LogP contribution in [0.2, 0.25) is 0 Å². The number of carbonyl (C=O) groups excluding carboxylic acids is 1. The van der Waals surface area contributed by atoms with Gasteiger partial charge in [-0.3, -0.25) is 9.89 Å². The smallest absolute Gasteiger partial charge is 0.163 e. The lowest BCUT2D eigenvalue weighted by Crippen LogP contribution is -2.05. The van der Waals surface area contributed by atoms with Crippen LogP contribution in [-0.4, -0.2) is 25.9 Å². The molecule has 0 spiro atoms. The molecule has 31 heavy (non-hydrogen) atoms. The predicted molar refractivity (Wildman–Crippen MR) is 123 cm³/mol. The first-order valence-corrected chi connectivity index (χ1v) is 10.3. The molecule has 0 radical (unpaired) electrons. The first-order chi connectivity index (χ1) is 15.0. The van der Waals surface area contributed by atoms with Gasteiger partial charge >= 0.3 is 0 Å². The third kappa shape index (κ3) is 5.04. The Bertz CT molecular complexity index is 1180. The fourth-order valence-corrected chi connectivity index (χ4v) is 3.48. The van der Waals surface area contributed by atoms with E-state index in [0.29, 0.717) is 29.4 Å². The van der Waals surface area contributed by atoms with E-state index < -0.39 is 0 Å². The second-order valence-electron chi connectivity index (χ2n) is 7.80. The largest absolute Gasteiger partial charge is 0.323 e. The van der Waals surface area contributed by atoms with Crippen LogP contribution >= 0.6 is 0 Å². The molecule has 2 aromatic carbocycles. The molecule has 4 aromatic rings. The van der Waals surface area contributed by atoms with E-state index in [-0.39, 0.29) is 11.7 Å². The lowest BCUT2D eigenvalue weighted by Gasteiger charge is -2.11. The molecular formula is C25H25N5O. The van der Waals surface area contributed by atoms with Gasteiger partial charge in [0.25, 0.3) is 0 Å². The number of benzene rings is 2. The number of Topliss-reactive ketones (excluding diaryl/α,β-unsaturated/α-hetero) is 1. The van der Waals surface area contributed by atoms with E-state index in [1.54, 1.807) is 0 Å². The van der Waals surface area contributed by atoms with Gasteiger partial charge in [0, 0.05) is 41.1 Å². The molecule has 0 bridgehead atoms. The summed E-state index contributed by atoms with van der Waals surface area (Å²) in [5.74, 6) is 2.28. The van der Waals surface area contributed by atoms with Crippen molar-refractivity contribution in [3.8, 4) is 11.4 Å². The maximum atomic E-state index is 12.7. The van der Waals surface area contributed by atoms with E-state index in [1.807, 2.05) is 68.4 Å². The third-order valence-corrected chi connectivity index (χ3v) is 5.14. The number of aryl methyl sites for hydroxylation is 2. The second-order valence-corrected chi connectivity index (χ2v) is 7.80. The van der Waals surface area contributed by atoms with Gasteiger partial charge in [-0.1, -0.05) is 61.5 Å². The molecule has 1 atom stereocenters. The van der Waals surface area contributed by atoms with E-state index in [4.69, 9.17) is 0 Å². The Balaban J connectivity index is 1.49. The molecule has 0 aliphatic heterocycles. The number of rotatable bonds is 7. The van der Waals surface area contributed by atoms with E-state index in [1.165, 1.54) is 5.56 Å². The Morgan fingerprint density at radius 2 is 1.71 bits per heavy atom. The maximum Gasteiger partial charge on any atom is 0.163 e. The Hall–Kier alpha value is -3.80. The summed E-state index contributed by atoms with van der Waals surface area (Å²) < 4.78 is 0. The van der Waals surface area contributed by atoms with Crippen LogP contribution in [0.4, 0.5) is 11.6 Å². The van der Waals surface area contributed by atoms with Crippen LogP contribution in [0.5, 0.6) is 0 Å². The van der Waals surface area contributed by atoms with Crippen LogP contribution in [0.25, 0.3) is 11.4 Å². The van der Waals surface area contributed by atoms with Gasteiger partial charge < -0.3 is 5.32 Å². The highest BCUT2D eigenvalue weighted by Gasteiger charge is 2.14. The normalized spacial score (nSPS) is 11.8. The molecule has 0 unspecified atom stereocenters. The minimum Gasteiger partial charge on any atom is -0.323 e. The van der Waals surface area contributed by atoms with Crippen LogP contribution in [0.3, 0.4) is 0 Å². The Morgan fingerprint density at radius 3 is 2.39 bits per heavy atom. The number of nitrogens with one attached hydrogen (secondary N) is 2. The zero-order valence-corrected chi connectivity index (χ0v) is 17.9. The average molecular weight is 412 g/mol. The molecule has 0 fully saturated rings. The van der Waals surface area contributed by atoms with Crippen molar-refractivity contribution in [1.29, 1.82) is 0 Å². The number of aromatic nitrogens is 4. The molecule has 0 saturated heterocycles. The SMILES string of the molecule is Cc1cc(Nc2cc(C)[nH]n2)nc(-c2ccc(C(=O)C[C@H](C)c3ccccc3)cc2)n1. The zero-order valence-electron chi connectivity index (χ0n) is 17.9. The van der Waals surface area contributed by atoms with Crippen LogP contribution in [0, 0.1) is 13.8 Å². The van der Waals surface area contributed by atoms with Crippen LogP contribution in [0.15, 0.2) is 66.7 Å². The van der Waals surface area contributed by atoms with Crippen molar-refractivity contribution in [2.75, 3.05) is 5.32 Å². The van der Waals surface area contributed by atoms with E-state index >= 15 is 0 Å². The number of anilines is 2. The first-order valence-electron chi connectivity index (χ1n) is 10.3. The number of carbonyl (C=O) groups is 1. The van der Waals surface area contributed by atoms with E-state index in [0.717, 1.165) is 17.0 Å². The van der Waals surface area contributed by atoms with Crippen molar-refractivity contribution in [1.82, 2.24) is 20.2 Å². The standard InChI is InChI=1S/C25H25N5O/c1-16(19-7-5-4-6-8-19)13-22(31)20-9-11-21(12-10-20)25-26-17(2)14-23(28-25)27-24-15-18(3)29-30-24/h4-12,14-16H,13H2,1-3H3,(H2,26,27,28,29,30)/t16-/m0/s1. The lowest BCUT2D eigenvalue weighted by atomic mass is 9.93. The number of nitrogens with zero attached hydrogens (tertiary/aromatic N) is 3. The summed E-state index contributed by atoms with van der Waals surface area (Å²) in [6.45, 7) is 5.95. The van der Waals surface area contributed by atoms with Gasteiger partial charge in [0.2, 0.25) is 0 Å². The summed E-state index contributed by atoms with van der Waals surface area (Å²) in [6, 6.07) is 21.4. The number of ketones is 1. The van der Waals surface area contributed by atoms with Gasteiger partial charge in [0.1, 0.15) is 5.82 Å². The molecule has 0 amide bonds. The molecule has 0 saturated carbocycles. The molecule has 4 rings (SSSR count). The minimum absolute atomic E-state index is 0.129. The van der Waals surface area contributed by atoms with Gasteiger partial charge in [-0.15, -0.1) is 0 Å². The summed E-state index contributed by atoms with van der Waals surface area (Å²) >= 11 is 0. The van der Waals surface area contributed by atoms with E-state index in [2.05, 4.69) is 44.5 Å². The van der Waals surface area contributed by atoms with Crippen LogP contribution in [0.1, 0.15) is 46.6 Å². The monoisotopic (exact) mass is 411 g/mol. The molecule has 156 valence electrons. The molecule has 0 aliphatic carbocycles. The summed E-state index contributed by atoms with van der Waals surface area (Å²) in [5.41, 5.74) is 4.54. The highest BCUT2D eigenvalue weighted by Crippen LogP contribution is 2.24. The topological polar surface area (TPSA) is 83.6 Å². The number of hydrogen-bond acceptors (Lipinski definition) is 5. The molecule has 2 heterocycles. The molecular weight excluding hydrogens is 386 g/mol. The quantitative estimate of drug-likeness (QED) is 0.387. The summed E-state index contributed by atoms with van der Waals surface area (Å²) in [5, 5.41) is 10.3. The van der Waals surface area contributed by atoms with Crippen molar-refractivity contribution in [3.05, 3.63) is 89.2 Å². The van der Waals surface area contributed by atoms with Crippen LogP contribution in [-0.2, 0) is 0 Å². The zero-order chi connectivity index (χ0) is 21.8. The second kappa shape index (κ2) is 8.92. The van der Waals surface area contributed by atoms with Crippen molar-refractivity contribution >= 4 is 17.4 Å². The number of hydrogen-bond donors (Lipinski definition) is 2. The summed E-state index contributed by atoms with van der Waals surface area (Å²) in [6.07, 6.45) is 0.474. The van der Waals surface area contributed by atoms with E-state index in [9.17, 15) is 4.79 Å². The van der Waals surface area contributed by atoms with Crippen LogP contribution < -0.4 is 5.32 Å². The van der Waals surface area contributed by atoms with Crippen molar-refractivity contribution in [2.45, 2.75) is 33.1 Å².